The maximum absolute atomic E-state index is 12.4. The van der Waals surface area contributed by atoms with E-state index in [2.05, 4.69) is 15.7 Å². The number of pyridine rings is 1. The molecule has 0 radical (unpaired) electrons. The summed E-state index contributed by atoms with van der Waals surface area (Å²) in [5.74, 6) is 5.87. The van der Waals surface area contributed by atoms with Crippen LogP contribution in [0.4, 0.5) is 5.82 Å². The number of nitrogen functional groups attached to an aromatic ring is 1. The van der Waals surface area contributed by atoms with Crippen molar-refractivity contribution in [1.29, 1.82) is 0 Å². The van der Waals surface area contributed by atoms with E-state index in [0.717, 1.165) is 30.2 Å². The molecule has 1 atom stereocenters. The molecule has 1 aromatic carbocycles. The predicted octanol–water partition coefficient (Wildman–Crippen LogP) is 1.43. The number of hydrogen-bond donors (Lipinski definition) is 3. The minimum atomic E-state index is -0.141. The van der Waals surface area contributed by atoms with Gasteiger partial charge >= 0.3 is 0 Å². The number of nitrogens with zero attached hydrogens (tertiary/aromatic N) is 1. The van der Waals surface area contributed by atoms with Crippen LogP contribution in [0, 0.1) is 0 Å². The molecule has 0 saturated carbocycles. The average molecular weight is 286 g/mol. The largest absolute Gasteiger partial charge is 0.376 e. The Balaban J connectivity index is 1.84. The van der Waals surface area contributed by atoms with Crippen molar-refractivity contribution in [2.45, 2.75) is 18.9 Å². The number of amides is 1. The van der Waals surface area contributed by atoms with Crippen LogP contribution < -0.4 is 16.6 Å². The topological polar surface area (TPSA) is 89.3 Å². The van der Waals surface area contributed by atoms with Crippen molar-refractivity contribution in [2.75, 3.05) is 18.6 Å². The zero-order valence-corrected chi connectivity index (χ0v) is 11.6. The fourth-order valence-corrected chi connectivity index (χ4v) is 2.60. The van der Waals surface area contributed by atoms with Crippen molar-refractivity contribution >= 4 is 22.5 Å². The summed E-state index contributed by atoms with van der Waals surface area (Å²) in [5, 5.41) is 4.56. The van der Waals surface area contributed by atoms with Crippen LogP contribution in [0.25, 0.3) is 10.8 Å². The molecule has 1 saturated heterocycles. The molecule has 6 nitrogen and oxygen atoms in total. The molecule has 0 bridgehead atoms. The number of fused-ring (bicyclic) bond motifs is 1. The number of ether oxygens (including phenoxy) is 1. The van der Waals surface area contributed by atoms with Crippen LogP contribution in [-0.2, 0) is 4.74 Å². The Labute approximate surface area is 122 Å². The zero-order chi connectivity index (χ0) is 14.7. The van der Waals surface area contributed by atoms with E-state index in [1.54, 1.807) is 6.20 Å². The molecule has 1 aromatic heterocycles. The van der Waals surface area contributed by atoms with Gasteiger partial charge in [-0.3, -0.25) is 4.79 Å². The third kappa shape index (κ3) is 2.81. The van der Waals surface area contributed by atoms with Crippen LogP contribution >= 0.6 is 0 Å². The average Bonchev–Trinajstić information content (AvgIpc) is 3.05. The Morgan fingerprint density at radius 2 is 2.19 bits per heavy atom. The lowest BCUT2D eigenvalue weighted by atomic mass is 10.1. The van der Waals surface area contributed by atoms with E-state index in [9.17, 15) is 4.79 Å². The molecule has 0 spiro atoms. The molecule has 1 aliphatic rings. The first-order chi connectivity index (χ1) is 10.3. The van der Waals surface area contributed by atoms with Crippen molar-refractivity contribution in [3.05, 3.63) is 36.0 Å². The lowest BCUT2D eigenvalue weighted by Gasteiger charge is -2.13. The highest BCUT2D eigenvalue weighted by atomic mass is 16.5. The van der Waals surface area contributed by atoms with Crippen molar-refractivity contribution < 1.29 is 9.53 Å². The number of hydrazine groups is 1. The molecule has 0 aliphatic carbocycles. The minimum Gasteiger partial charge on any atom is -0.376 e. The number of aromatic nitrogens is 1. The number of nitrogens with two attached hydrogens (primary N) is 1. The molecular formula is C15H18N4O2. The first-order valence-electron chi connectivity index (χ1n) is 7.04. The Morgan fingerprint density at radius 1 is 1.38 bits per heavy atom. The maximum Gasteiger partial charge on any atom is 0.253 e. The lowest BCUT2D eigenvalue weighted by Crippen LogP contribution is -2.32. The lowest BCUT2D eigenvalue weighted by molar-refractivity contribution is 0.0859. The van der Waals surface area contributed by atoms with Crippen molar-refractivity contribution in [3.63, 3.8) is 0 Å². The van der Waals surface area contributed by atoms with E-state index in [1.165, 1.54) is 0 Å². The third-order valence-corrected chi connectivity index (χ3v) is 3.69. The Hall–Kier alpha value is -2.18. The summed E-state index contributed by atoms with van der Waals surface area (Å²) in [5.41, 5.74) is 3.09. The monoisotopic (exact) mass is 286 g/mol. The second kappa shape index (κ2) is 6.07. The van der Waals surface area contributed by atoms with Gasteiger partial charge in [0, 0.05) is 24.7 Å². The van der Waals surface area contributed by atoms with Gasteiger partial charge in [-0.1, -0.05) is 24.3 Å². The van der Waals surface area contributed by atoms with Gasteiger partial charge in [-0.2, -0.15) is 0 Å². The molecule has 1 fully saturated rings. The van der Waals surface area contributed by atoms with Crippen LogP contribution in [0.3, 0.4) is 0 Å². The van der Waals surface area contributed by atoms with Gasteiger partial charge in [-0.25, -0.2) is 10.8 Å². The molecule has 1 aliphatic heterocycles. The van der Waals surface area contributed by atoms with E-state index < -0.39 is 0 Å². The molecule has 2 aromatic rings. The van der Waals surface area contributed by atoms with E-state index in [1.807, 2.05) is 24.3 Å². The SMILES string of the molecule is NNc1ncc(C(=O)NCC2CCCO2)c2ccccc12. The number of carbonyl (C=O) groups is 1. The Kier molecular flexibility index (Phi) is 3.98. The summed E-state index contributed by atoms with van der Waals surface area (Å²) in [4.78, 5) is 16.6. The van der Waals surface area contributed by atoms with Gasteiger partial charge in [0.15, 0.2) is 0 Å². The maximum atomic E-state index is 12.4. The van der Waals surface area contributed by atoms with Crippen molar-refractivity contribution in [1.82, 2.24) is 10.3 Å². The fourth-order valence-electron chi connectivity index (χ4n) is 2.60. The zero-order valence-electron chi connectivity index (χ0n) is 11.6. The van der Waals surface area contributed by atoms with Crippen LogP contribution in [0.15, 0.2) is 30.5 Å². The Morgan fingerprint density at radius 3 is 2.90 bits per heavy atom. The van der Waals surface area contributed by atoms with Gasteiger partial charge in [0.25, 0.3) is 5.91 Å². The van der Waals surface area contributed by atoms with Gasteiger partial charge in [0.1, 0.15) is 5.82 Å². The Bertz CT molecular complexity index is 653. The van der Waals surface area contributed by atoms with E-state index in [4.69, 9.17) is 10.6 Å². The summed E-state index contributed by atoms with van der Waals surface area (Å²) >= 11 is 0. The van der Waals surface area contributed by atoms with Crippen molar-refractivity contribution in [2.24, 2.45) is 5.84 Å². The summed E-state index contributed by atoms with van der Waals surface area (Å²) in [6.07, 6.45) is 3.72. The van der Waals surface area contributed by atoms with Gasteiger partial charge in [-0.05, 0) is 18.2 Å². The number of nitrogens with one attached hydrogen (secondary N) is 2. The summed E-state index contributed by atoms with van der Waals surface area (Å²) in [6, 6.07) is 7.55. The van der Waals surface area contributed by atoms with Gasteiger partial charge < -0.3 is 15.5 Å². The minimum absolute atomic E-state index is 0.123. The van der Waals surface area contributed by atoms with Gasteiger partial charge in [-0.15, -0.1) is 0 Å². The molecule has 3 rings (SSSR count). The van der Waals surface area contributed by atoms with Crippen LogP contribution in [0.1, 0.15) is 23.2 Å². The van der Waals surface area contributed by atoms with Crippen LogP contribution in [-0.4, -0.2) is 30.1 Å². The molecule has 2 heterocycles. The number of hydrogen-bond acceptors (Lipinski definition) is 5. The fraction of sp³-hybridized carbons (Fsp3) is 0.333. The number of carbonyl (C=O) groups excluding carboxylic acids is 1. The predicted molar refractivity (Wildman–Crippen MR) is 80.9 cm³/mol. The highest BCUT2D eigenvalue weighted by Crippen LogP contribution is 2.23. The van der Waals surface area contributed by atoms with Gasteiger partial charge in [0.2, 0.25) is 0 Å². The van der Waals surface area contributed by atoms with Crippen LogP contribution in [0.2, 0.25) is 0 Å². The molecule has 110 valence electrons. The number of benzene rings is 1. The van der Waals surface area contributed by atoms with Gasteiger partial charge in [0.05, 0.1) is 11.7 Å². The third-order valence-electron chi connectivity index (χ3n) is 3.69. The highest BCUT2D eigenvalue weighted by Gasteiger charge is 2.18. The van der Waals surface area contributed by atoms with E-state index in [0.29, 0.717) is 17.9 Å². The number of rotatable bonds is 4. The van der Waals surface area contributed by atoms with Crippen LogP contribution in [0.5, 0.6) is 0 Å². The first kappa shape index (κ1) is 13.8. The molecule has 1 amide bonds. The molecule has 4 N–H and O–H groups in total. The quantitative estimate of drug-likeness (QED) is 0.584. The normalized spacial score (nSPS) is 17.9. The second-order valence-electron chi connectivity index (χ2n) is 5.06. The molecule has 1 unspecified atom stereocenters. The smallest absolute Gasteiger partial charge is 0.253 e. The van der Waals surface area contributed by atoms with Crippen molar-refractivity contribution in [3.8, 4) is 0 Å². The van der Waals surface area contributed by atoms with E-state index in [-0.39, 0.29) is 12.0 Å². The molecule has 21 heavy (non-hydrogen) atoms. The second-order valence-corrected chi connectivity index (χ2v) is 5.06. The van der Waals surface area contributed by atoms with E-state index >= 15 is 0 Å². The molecule has 6 heteroatoms. The summed E-state index contributed by atoms with van der Waals surface area (Å²) in [6.45, 7) is 1.31. The molecular weight excluding hydrogens is 268 g/mol. The summed E-state index contributed by atoms with van der Waals surface area (Å²) in [7, 11) is 0. The highest BCUT2D eigenvalue weighted by molar-refractivity contribution is 6.09. The summed E-state index contributed by atoms with van der Waals surface area (Å²) < 4.78 is 5.51. The first-order valence-corrected chi connectivity index (χ1v) is 7.04. The standard InChI is InChI=1S/C15H18N4O2/c16-19-14-12-6-2-1-5-11(12)13(9-17-14)15(20)18-8-10-4-3-7-21-10/h1-2,5-6,9-10H,3-4,7-8,16H2,(H,17,19)(H,18,20). The number of anilines is 1.